The number of hydrogen-bond donors (Lipinski definition) is 1. The molecule has 6 heteroatoms. The van der Waals surface area contributed by atoms with Crippen molar-refractivity contribution in [3.8, 4) is 11.3 Å². The van der Waals surface area contributed by atoms with Gasteiger partial charge in [0.25, 0.3) is 5.91 Å². The number of carbonyl (C=O) groups is 1. The minimum Gasteiger partial charge on any atom is -0.359 e. The second-order valence-electron chi connectivity index (χ2n) is 6.58. The zero-order valence-electron chi connectivity index (χ0n) is 14.0. The van der Waals surface area contributed by atoms with Crippen LogP contribution in [0.15, 0.2) is 53.6 Å². The molecule has 6 nitrogen and oxygen atoms in total. The smallest absolute Gasteiger partial charge is 0.253 e. The maximum atomic E-state index is 12.2. The Morgan fingerprint density at radius 2 is 2.17 bits per heavy atom. The van der Waals surface area contributed by atoms with Gasteiger partial charge < -0.3 is 14.4 Å². The summed E-state index contributed by atoms with van der Waals surface area (Å²) in [5, 5.41) is 6.85. The van der Waals surface area contributed by atoms with Crippen LogP contribution < -0.4 is 5.32 Å². The van der Waals surface area contributed by atoms with Crippen LogP contribution in [0.1, 0.15) is 36.9 Å². The van der Waals surface area contributed by atoms with Crippen LogP contribution in [-0.4, -0.2) is 20.6 Å². The zero-order chi connectivity index (χ0) is 17.2. The van der Waals surface area contributed by atoms with Crippen molar-refractivity contribution in [2.45, 2.75) is 32.9 Å². The van der Waals surface area contributed by atoms with E-state index in [-0.39, 0.29) is 18.0 Å². The molecule has 0 saturated carbocycles. The van der Waals surface area contributed by atoms with Gasteiger partial charge in [0, 0.05) is 42.0 Å². The van der Waals surface area contributed by atoms with Gasteiger partial charge in [0.05, 0.1) is 12.1 Å². The Balaban J connectivity index is 1.63. The van der Waals surface area contributed by atoms with Gasteiger partial charge in [-0.05, 0) is 39.0 Å². The first-order chi connectivity index (χ1) is 11.4. The molecule has 3 aromatic heterocycles. The highest BCUT2D eigenvalue weighted by molar-refractivity contribution is 5.93. The molecule has 0 atom stereocenters. The van der Waals surface area contributed by atoms with Gasteiger partial charge in [-0.15, -0.1) is 0 Å². The summed E-state index contributed by atoms with van der Waals surface area (Å²) in [4.78, 5) is 16.3. The molecule has 0 aliphatic carbocycles. The molecule has 0 aliphatic rings. The standard InChI is InChI=1S/C18H20N4O2/c1-18(2,3)22-8-6-14(12-22)17(23)20-11-15-9-16(21-24-15)13-5-4-7-19-10-13/h4-10,12H,11H2,1-3H3,(H,20,23). The van der Waals surface area contributed by atoms with Crippen molar-refractivity contribution in [3.05, 3.63) is 60.4 Å². The Labute approximate surface area is 140 Å². The molecule has 0 unspecified atom stereocenters. The maximum absolute atomic E-state index is 12.2. The third-order valence-electron chi connectivity index (χ3n) is 3.67. The minimum absolute atomic E-state index is 0.0535. The Kier molecular flexibility index (Phi) is 4.20. The van der Waals surface area contributed by atoms with Crippen molar-refractivity contribution in [2.75, 3.05) is 0 Å². The SMILES string of the molecule is CC(C)(C)n1ccc(C(=O)NCc2cc(-c3cccnc3)no2)c1. The Hall–Kier alpha value is -2.89. The van der Waals surface area contributed by atoms with Crippen LogP contribution in [-0.2, 0) is 12.1 Å². The predicted octanol–water partition coefficient (Wildman–Crippen LogP) is 3.22. The van der Waals surface area contributed by atoms with E-state index in [0.717, 1.165) is 5.56 Å². The molecule has 1 N–H and O–H groups in total. The molecule has 0 saturated heterocycles. The van der Waals surface area contributed by atoms with Crippen LogP contribution in [0.2, 0.25) is 0 Å². The van der Waals surface area contributed by atoms with Crippen molar-refractivity contribution < 1.29 is 9.32 Å². The lowest BCUT2D eigenvalue weighted by molar-refractivity contribution is 0.0947. The van der Waals surface area contributed by atoms with Crippen LogP contribution in [0.5, 0.6) is 0 Å². The lowest BCUT2D eigenvalue weighted by Gasteiger charge is -2.20. The van der Waals surface area contributed by atoms with E-state index < -0.39 is 0 Å². The van der Waals surface area contributed by atoms with Crippen molar-refractivity contribution >= 4 is 5.91 Å². The van der Waals surface area contributed by atoms with Gasteiger partial charge in [0.1, 0.15) is 5.69 Å². The maximum Gasteiger partial charge on any atom is 0.253 e. The lowest BCUT2D eigenvalue weighted by Crippen LogP contribution is -2.23. The summed E-state index contributed by atoms with van der Waals surface area (Å²) in [7, 11) is 0. The highest BCUT2D eigenvalue weighted by Gasteiger charge is 2.15. The predicted molar refractivity (Wildman–Crippen MR) is 90.3 cm³/mol. The van der Waals surface area contributed by atoms with Gasteiger partial charge in [-0.1, -0.05) is 5.16 Å². The molecule has 0 aromatic carbocycles. The molecule has 3 aromatic rings. The lowest BCUT2D eigenvalue weighted by atomic mass is 10.1. The first-order valence-electron chi connectivity index (χ1n) is 7.76. The summed E-state index contributed by atoms with van der Waals surface area (Å²) in [5.74, 6) is 0.454. The molecule has 3 rings (SSSR count). The molecular weight excluding hydrogens is 304 g/mol. The van der Waals surface area contributed by atoms with Gasteiger partial charge in [-0.2, -0.15) is 0 Å². The summed E-state index contributed by atoms with van der Waals surface area (Å²) >= 11 is 0. The number of aromatic nitrogens is 3. The second kappa shape index (κ2) is 6.31. The number of hydrogen-bond acceptors (Lipinski definition) is 4. The number of carbonyl (C=O) groups excluding carboxylic acids is 1. The largest absolute Gasteiger partial charge is 0.359 e. The fourth-order valence-electron chi connectivity index (χ4n) is 2.26. The Morgan fingerprint density at radius 1 is 1.33 bits per heavy atom. The minimum atomic E-state index is -0.141. The van der Waals surface area contributed by atoms with E-state index >= 15 is 0 Å². The summed E-state index contributed by atoms with van der Waals surface area (Å²) in [6.07, 6.45) is 7.17. The first kappa shape index (κ1) is 16.0. The average Bonchev–Trinajstić information content (AvgIpc) is 3.22. The molecule has 0 bridgehead atoms. The fourth-order valence-corrected chi connectivity index (χ4v) is 2.26. The summed E-state index contributed by atoms with van der Waals surface area (Å²) in [5.41, 5.74) is 2.14. The van der Waals surface area contributed by atoms with Crippen molar-refractivity contribution in [2.24, 2.45) is 0 Å². The van der Waals surface area contributed by atoms with Crippen molar-refractivity contribution in [3.63, 3.8) is 0 Å². The van der Waals surface area contributed by atoms with Crippen LogP contribution in [0.3, 0.4) is 0 Å². The van der Waals surface area contributed by atoms with E-state index in [1.807, 2.05) is 35.2 Å². The van der Waals surface area contributed by atoms with Gasteiger partial charge in [-0.25, -0.2) is 0 Å². The molecule has 124 valence electrons. The first-order valence-corrected chi connectivity index (χ1v) is 7.76. The van der Waals surface area contributed by atoms with Gasteiger partial charge in [0.15, 0.2) is 5.76 Å². The van der Waals surface area contributed by atoms with E-state index in [9.17, 15) is 4.79 Å². The van der Waals surface area contributed by atoms with E-state index in [1.54, 1.807) is 18.5 Å². The second-order valence-corrected chi connectivity index (χ2v) is 6.58. The number of nitrogens with zero attached hydrogens (tertiary/aromatic N) is 3. The molecule has 0 fully saturated rings. The quantitative estimate of drug-likeness (QED) is 0.799. The van der Waals surface area contributed by atoms with Crippen LogP contribution >= 0.6 is 0 Å². The fraction of sp³-hybridized carbons (Fsp3) is 0.278. The third-order valence-corrected chi connectivity index (χ3v) is 3.67. The summed E-state index contributed by atoms with van der Waals surface area (Å²) < 4.78 is 7.28. The highest BCUT2D eigenvalue weighted by Crippen LogP contribution is 2.18. The third kappa shape index (κ3) is 3.53. The number of amides is 1. The van der Waals surface area contributed by atoms with Gasteiger partial charge in [-0.3, -0.25) is 9.78 Å². The highest BCUT2D eigenvalue weighted by atomic mass is 16.5. The number of rotatable bonds is 4. The normalized spacial score (nSPS) is 11.5. The van der Waals surface area contributed by atoms with Gasteiger partial charge in [0.2, 0.25) is 0 Å². The molecule has 3 heterocycles. The van der Waals surface area contributed by atoms with Crippen molar-refractivity contribution in [1.29, 1.82) is 0 Å². The summed E-state index contributed by atoms with van der Waals surface area (Å²) in [6, 6.07) is 7.35. The number of pyridine rings is 1. The molecule has 0 spiro atoms. The average molecular weight is 324 g/mol. The topological polar surface area (TPSA) is 73.0 Å². The zero-order valence-corrected chi connectivity index (χ0v) is 14.0. The van der Waals surface area contributed by atoms with E-state index in [2.05, 4.69) is 36.2 Å². The van der Waals surface area contributed by atoms with E-state index in [4.69, 9.17) is 4.52 Å². The van der Waals surface area contributed by atoms with Crippen LogP contribution in [0, 0.1) is 0 Å². The molecule has 24 heavy (non-hydrogen) atoms. The van der Waals surface area contributed by atoms with Crippen molar-refractivity contribution in [1.82, 2.24) is 20.0 Å². The molecule has 0 radical (unpaired) electrons. The Morgan fingerprint density at radius 3 is 2.83 bits per heavy atom. The van der Waals surface area contributed by atoms with E-state index in [0.29, 0.717) is 17.0 Å². The molecular formula is C18H20N4O2. The van der Waals surface area contributed by atoms with Crippen LogP contribution in [0.25, 0.3) is 11.3 Å². The molecule has 1 amide bonds. The Bertz CT molecular complexity index is 828. The van der Waals surface area contributed by atoms with E-state index in [1.165, 1.54) is 0 Å². The molecule has 0 aliphatic heterocycles. The van der Waals surface area contributed by atoms with Gasteiger partial charge >= 0.3 is 0 Å². The monoisotopic (exact) mass is 324 g/mol. The van der Waals surface area contributed by atoms with Crippen LogP contribution in [0.4, 0.5) is 0 Å². The number of nitrogens with one attached hydrogen (secondary N) is 1. The summed E-state index contributed by atoms with van der Waals surface area (Å²) in [6.45, 7) is 6.54.